The molecule has 1 saturated carbocycles. The van der Waals surface area contributed by atoms with Crippen molar-refractivity contribution in [3.63, 3.8) is 0 Å². The molecule has 2 aromatic carbocycles. The zero-order valence-electron chi connectivity index (χ0n) is 20.6. The lowest BCUT2D eigenvalue weighted by molar-refractivity contribution is -0.124. The van der Waals surface area contributed by atoms with Crippen LogP contribution in [0.4, 0.5) is 10.1 Å². The van der Waals surface area contributed by atoms with Gasteiger partial charge in [0.05, 0.1) is 17.2 Å². The van der Waals surface area contributed by atoms with E-state index in [1.807, 2.05) is 6.07 Å². The summed E-state index contributed by atoms with van der Waals surface area (Å²) in [5.41, 5.74) is 0.768. The van der Waals surface area contributed by atoms with Crippen LogP contribution >= 0.6 is 23.2 Å². The Kier molecular flexibility index (Phi) is 6.47. The maximum absolute atomic E-state index is 14.2. The monoisotopic (exact) mass is 532 g/mol. The van der Waals surface area contributed by atoms with Gasteiger partial charge < -0.3 is 15.7 Å². The minimum absolute atomic E-state index is 0.0108. The Labute approximate surface area is 220 Å². The van der Waals surface area contributed by atoms with Gasteiger partial charge >= 0.3 is 0 Å². The summed E-state index contributed by atoms with van der Waals surface area (Å²) in [6, 6.07) is 8.77. The van der Waals surface area contributed by atoms with Crippen molar-refractivity contribution in [3.8, 4) is 0 Å². The van der Waals surface area contributed by atoms with Crippen LogP contribution in [-0.2, 0) is 15.0 Å². The van der Waals surface area contributed by atoms with Gasteiger partial charge in [-0.05, 0) is 66.0 Å². The predicted molar refractivity (Wildman–Crippen MR) is 139 cm³/mol. The summed E-state index contributed by atoms with van der Waals surface area (Å²) in [4.78, 5) is 27.9. The molecule has 4 atom stereocenters. The number of carbonyl (C=O) groups is 2. The zero-order chi connectivity index (χ0) is 26.0. The first kappa shape index (κ1) is 25.7. The Morgan fingerprint density at radius 3 is 2.53 bits per heavy atom. The van der Waals surface area contributed by atoms with E-state index in [0.717, 1.165) is 5.56 Å². The van der Waals surface area contributed by atoms with E-state index in [1.165, 1.54) is 6.07 Å². The SMILES string of the molecule is CC(C)(C)C[C@H]1N[C@@H](C(=O)CC2CC(O)C2)[C@H](c2ccc(F)c(Cl)c2)[C@@]12C(=O)Nc1cc(Cl)ccc12. The van der Waals surface area contributed by atoms with E-state index in [9.17, 15) is 19.1 Å². The first-order chi connectivity index (χ1) is 16.9. The van der Waals surface area contributed by atoms with E-state index in [-0.39, 0.29) is 40.2 Å². The summed E-state index contributed by atoms with van der Waals surface area (Å²) in [6.45, 7) is 6.31. The average Bonchev–Trinajstić information content (AvgIpc) is 3.23. The average molecular weight is 533 g/mol. The molecule has 1 spiro atoms. The van der Waals surface area contributed by atoms with Crippen molar-refractivity contribution < 1.29 is 19.1 Å². The van der Waals surface area contributed by atoms with Crippen molar-refractivity contribution in [1.82, 2.24) is 5.32 Å². The quantitative estimate of drug-likeness (QED) is 0.467. The molecule has 8 heteroatoms. The molecule has 1 aliphatic carbocycles. The highest BCUT2D eigenvalue weighted by molar-refractivity contribution is 6.31. The summed E-state index contributed by atoms with van der Waals surface area (Å²) < 4.78 is 14.2. The van der Waals surface area contributed by atoms with Gasteiger partial charge in [0.15, 0.2) is 5.78 Å². The third-order valence-electron chi connectivity index (χ3n) is 7.97. The van der Waals surface area contributed by atoms with Crippen molar-refractivity contribution in [3.05, 3.63) is 63.4 Å². The molecule has 1 amide bonds. The van der Waals surface area contributed by atoms with Crippen molar-refractivity contribution in [2.75, 3.05) is 5.32 Å². The summed E-state index contributed by atoms with van der Waals surface area (Å²) in [7, 11) is 0. The largest absolute Gasteiger partial charge is 0.393 e. The minimum atomic E-state index is -1.12. The summed E-state index contributed by atoms with van der Waals surface area (Å²) in [5.74, 6) is -1.26. The zero-order valence-corrected chi connectivity index (χ0v) is 22.1. The topological polar surface area (TPSA) is 78.4 Å². The number of anilines is 1. The third kappa shape index (κ3) is 4.26. The molecule has 2 fully saturated rings. The predicted octanol–water partition coefficient (Wildman–Crippen LogP) is 5.61. The summed E-state index contributed by atoms with van der Waals surface area (Å²) >= 11 is 12.5. The van der Waals surface area contributed by atoms with E-state index in [4.69, 9.17) is 23.2 Å². The van der Waals surface area contributed by atoms with Crippen LogP contribution in [0.2, 0.25) is 10.0 Å². The van der Waals surface area contributed by atoms with Crippen LogP contribution in [-0.4, -0.2) is 35.0 Å². The molecule has 1 saturated heterocycles. The Hall–Kier alpha value is -1.99. The molecule has 2 aliphatic heterocycles. The second-order valence-corrected chi connectivity index (χ2v) is 12.6. The lowest BCUT2D eigenvalue weighted by Crippen LogP contribution is -2.49. The standard InChI is InChI=1S/C28H31Cl2FN2O3/c1-27(2,3)13-23-28(18-6-5-16(29)12-21(18)32-26(28)36)24(15-4-7-20(31)19(30)11-15)25(33-23)22(35)10-14-8-17(34)9-14/h4-7,11-12,14,17,23-25,33-34H,8-10,13H2,1-3H3,(H,32,36)/t14?,17?,23-,24+,25+,28+/m1/s1. The fraction of sp³-hybridized carbons (Fsp3) is 0.500. The van der Waals surface area contributed by atoms with Crippen LogP contribution in [0.3, 0.4) is 0 Å². The number of halogens is 3. The Balaban J connectivity index is 1.69. The molecule has 192 valence electrons. The molecule has 5 nitrogen and oxygen atoms in total. The molecular weight excluding hydrogens is 502 g/mol. The number of nitrogens with one attached hydrogen (secondary N) is 2. The number of carbonyl (C=O) groups excluding carboxylic acids is 2. The van der Waals surface area contributed by atoms with Gasteiger partial charge in [-0.2, -0.15) is 0 Å². The van der Waals surface area contributed by atoms with Gasteiger partial charge in [0.2, 0.25) is 5.91 Å². The number of benzene rings is 2. The van der Waals surface area contributed by atoms with E-state index in [1.54, 1.807) is 24.3 Å². The number of amides is 1. The van der Waals surface area contributed by atoms with E-state index >= 15 is 0 Å². The highest BCUT2D eigenvalue weighted by Crippen LogP contribution is 2.57. The van der Waals surface area contributed by atoms with Gasteiger partial charge in [-0.1, -0.05) is 56.1 Å². The normalized spacial score (nSPS) is 31.3. The molecule has 3 N–H and O–H groups in total. The number of rotatable bonds is 5. The second kappa shape index (κ2) is 9.09. The maximum atomic E-state index is 14.2. The van der Waals surface area contributed by atoms with Crippen LogP contribution in [0.15, 0.2) is 36.4 Å². The Bertz CT molecular complexity index is 1220. The van der Waals surface area contributed by atoms with Crippen molar-refractivity contribution in [2.45, 2.75) is 76.0 Å². The summed E-state index contributed by atoms with van der Waals surface area (Å²) in [6.07, 6.45) is 1.78. The molecule has 0 radical (unpaired) electrons. The van der Waals surface area contributed by atoms with Crippen LogP contribution < -0.4 is 10.6 Å². The Morgan fingerprint density at radius 2 is 1.89 bits per heavy atom. The van der Waals surface area contributed by atoms with E-state index in [2.05, 4.69) is 31.4 Å². The molecule has 5 rings (SSSR count). The van der Waals surface area contributed by atoms with Crippen molar-refractivity contribution in [1.29, 1.82) is 0 Å². The molecule has 0 unspecified atom stereocenters. The van der Waals surface area contributed by atoms with Crippen molar-refractivity contribution in [2.24, 2.45) is 11.3 Å². The first-order valence-corrected chi connectivity index (χ1v) is 13.2. The lowest BCUT2D eigenvalue weighted by atomic mass is 9.62. The summed E-state index contributed by atoms with van der Waals surface area (Å²) in [5, 5.41) is 16.8. The molecule has 3 aliphatic rings. The van der Waals surface area contributed by atoms with Gasteiger partial charge in [-0.25, -0.2) is 4.39 Å². The minimum Gasteiger partial charge on any atom is -0.393 e. The molecule has 0 bridgehead atoms. The number of aliphatic hydroxyl groups is 1. The number of aliphatic hydroxyl groups excluding tert-OH is 1. The van der Waals surface area contributed by atoms with Gasteiger partial charge in [0, 0.05) is 29.1 Å². The van der Waals surface area contributed by atoms with Crippen LogP contribution in [0.1, 0.15) is 63.5 Å². The van der Waals surface area contributed by atoms with Crippen molar-refractivity contribution >= 4 is 40.6 Å². The highest BCUT2D eigenvalue weighted by atomic mass is 35.5. The fourth-order valence-corrected chi connectivity index (χ4v) is 6.82. The molecule has 0 aromatic heterocycles. The van der Waals surface area contributed by atoms with Crippen LogP contribution in [0, 0.1) is 17.2 Å². The van der Waals surface area contributed by atoms with Crippen LogP contribution in [0.5, 0.6) is 0 Å². The van der Waals surface area contributed by atoms with Gasteiger partial charge in [-0.15, -0.1) is 0 Å². The molecular formula is C28H31Cl2FN2O3. The molecule has 36 heavy (non-hydrogen) atoms. The third-order valence-corrected chi connectivity index (χ3v) is 8.50. The number of hydrogen-bond acceptors (Lipinski definition) is 4. The number of hydrogen-bond donors (Lipinski definition) is 3. The molecule has 2 heterocycles. The molecule has 2 aromatic rings. The van der Waals surface area contributed by atoms with Gasteiger partial charge in [0.1, 0.15) is 11.2 Å². The number of fused-ring (bicyclic) bond motifs is 2. The van der Waals surface area contributed by atoms with Gasteiger partial charge in [0.25, 0.3) is 0 Å². The van der Waals surface area contributed by atoms with Crippen LogP contribution in [0.25, 0.3) is 0 Å². The number of ketones is 1. The van der Waals surface area contributed by atoms with E-state index in [0.29, 0.717) is 42.0 Å². The highest BCUT2D eigenvalue weighted by Gasteiger charge is 2.65. The number of Topliss-reactive ketones (excluding diaryl/α,β-unsaturated/α-hetero) is 1. The smallest absolute Gasteiger partial charge is 0.237 e. The lowest BCUT2D eigenvalue weighted by Gasteiger charge is -2.38. The first-order valence-electron chi connectivity index (χ1n) is 12.4. The maximum Gasteiger partial charge on any atom is 0.237 e. The Morgan fingerprint density at radius 1 is 1.17 bits per heavy atom. The fourth-order valence-electron chi connectivity index (χ4n) is 6.46. The second-order valence-electron chi connectivity index (χ2n) is 11.8. The van der Waals surface area contributed by atoms with Gasteiger partial charge in [-0.3, -0.25) is 9.59 Å². The van der Waals surface area contributed by atoms with E-state index < -0.39 is 23.2 Å².